The normalized spacial score (nSPS) is 15.6. The van der Waals surface area contributed by atoms with Gasteiger partial charge in [0, 0.05) is 12.2 Å². The molecule has 112 valence electrons. The molecule has 22 heavy (non-hydrogen) atoms. The molecule has 3 heterocycles. The number of fused-ring (bicyclic) bond motifs is 1. The Morgan fingerprint density at radius 3 is 2.77 bits per heavy atom. The van der Waals surface area contributed by atoms with Crippen molar-refractivity contribution in [2.45, 2.75) is 31.7 Å². The lowest BCUT2D eigenvalue weighted by Gasteiger charge is -2.11. The zero-order valence-electron chi connectivity index (χ0n) is 11.8. The molecule has 0 unspecified atom stereocenters. The Balaban J connectivity index is 1.96. The summed E-state index contributed by atoms with van der Waals surface area (Å²) in [5, 5.41) is 0. The summed E-state index contributed by atoms with van der Waals surface area (Å²) in [6.07, 6.45) is 5.58. The number of hydrogen-bond acceptors (Lipinski definition) is 5. The summed E-state index contributed by atoms with van der Waals surface area (Å²) in [4.78, 5) is 32.1. The molecule has 0 saturated heterocycles. The molecule has 0 radical (unpaired) electrons. The summed E-state index contributed by atoms with van der Waals surface area (Å²) in [6.45, 7) is 0. The first-order chi connectivity index (χ1) is 10.8. The number of rotatable bonds is 2. The number of aromatic amines is 1. The third-order valence-corrected chi connectivity index (χ3v) is 4.99. The Morgan fingerprint density at radius 1 is 1.23 bits per heavy atom. The van der Waals surface area contributed by atoms with Gasteiger partial charge in [0.1, 0.15) is 10.4 Å². The van der Waals surface area contributed by atoms with Crippen molar-refractivity contribution >= 4 is 21.7 Å². The quantitative estimate of drug-likeness (QED) is 0.787. The van der Waals surface area contributed by atoms with Gasteiger partial charge in [-0.25, -0.2) is 4.79 Å². The molecule has 0 spiro atoms. The summed E-state index contributed by atoms with van der Waals surface area (Å²) < 4.78 is 6.19. The molecule has 1 N–H and O–H groups in total. The molecular formula is C15H14N4O2S. The second kappa shape index (κ2) is 5.17. The highest BCUT2D eigenvalue weighted by Gasteiger charge is 2.23. The maximum atomic E-state index is 12.7. The third kappa shape index (κ3) is 2.00. The minimum Gasteiger partial charge on any atom is -0.304 e. The molecule has 1 aliphatic rings. The first-order valence-corrected chi connectivity index (χ1v) is 8.08. The molecule has 6 nitrogen and oxygen atoms in total. The predicted octanol–water partition coefficient (Wildman–Crippen LogP) is 2.32. The van der Waals surface area contributed by atoms with Crippen LogP contribution in [0, 0.1) is 0 Å². The van der Waals surface area contributed by atoms with Crippen molar-refractivity contribution in [2.24, 2.45) is 0 Å². The molecule has 0 aliphatic heterocycles. The monoisotopic (exact) mass is 314 g/mol. The van der Waals surface area contributed by atoms with Crippen molar-refractivity contribution in [1.29, 1.82) is 0 Å². The Morgan fingerprint density at radius 2 is 2.05 bits per heavy atom. The van der Waals surface area contributed by atoms with Crippen LogP contribution in [0.25, 0.3) is 21.6 Å². The van der Waals surface area contributed by atoms with Gasteiger partial charge < -0.3 is 4.98 Å². The number of aromatic nitrogens is 4. The SMILES string of the molecule is O=c1[nH]c2c(-c3ccccn3)nsc2c(=O)n1C1CCCC1. The lowest BCUT2D eigenvalue weighted by atomic mass is 10.2. The van der Waals surface area contributed by atoms with Gasteiger partial charge in [0.05, 0.1) is 11.2 Å². The van der Waals surface area contributed by atoms with Crippen LogP contribution in [0.15, 0.2) is 34.0 Å². The van der Waals surface area contributed by atoms with E-state index in [9.17, 15) is 9.59 Å². The first kappa shape index (κ1) is 13.4. The molecule has 4 rings (SSSR count). The molecule has 0 amide bonds. The average molecular weight is 314 g/mol. The number of nitrogens with one attached hydrogen (secondary N) is 1. The molecule has 0 atom stereocenters. The van der Waals surface area contributed by atoms with E-state index in [1.807, 2.05) is 18.2 Å². The molecule has 0 aromatic carbocycles. The second-order valence-corrected chi connectivity index (χ2v) is 6.27. The van der Waals surface area contributed by atoms with Crippen LogP contribution in [0.1, 0.15) is 31.7 Å². The highest BCUT2D eigenvalue weighted by molar-refractivity contribution is 7.13. The smallest absolute Gasteiger partial charge is 0.304 e. The van der Waals surface area contributed by atoms with Crippen LogP contribution in [-0.4, -0.2) is 18.9 Å². The fourth-order valence-corrected chi connectivity index (χ4v) is 3.88. The molecule has 0 bridgehead atoms. The van der Waals surface area contributed by atoms with Gasteiger partial charge >= 0.3 is 5.69 Å². The van der Waals surface area contributed by atoms with Crippen LogP contribution in [0.4, 0.5) is 0 Å². The van der Waals surface area contributed by atoms with Crippen LogP contribution in [-0.2, 0) is 0 Å². The third-order valence-electron chi connectivity index (χ3n) is 4.15. The lowest BCUT2D eigenvalue weighted by molar-refractivity contribution is 0.483. The van der Waals surface area contributed by atoms with Crippen molar-refractivity contribution in [1.82, 2.24) is 18.9 Å². The summed E-state index contributed by atoms with van der Waals surface area (Å²) in [5.74, 6) is 0. The van der Waals surface area contributed by atoms with Crippen molar-refractivity contribution in [3.8, 4) is 11.4 Å². The number of H-pyrrole nitrogens is 1. The van der Waals surface area contributed by atoms with Gasteiger partial charge in [-0.1, -0.05) is 18.9 Å². The Hall–Kier alpha value is -2.28. The van der Waals surface area contributed by atoms with Crippen LogP contribution in [0.2, 0.25) is 0 Å². The van der Waals surface area contributed by atoms with E-state index in [2.05, 4.69) is 14.3 Å². The number of nitrogens with zero attached hydrogens (tertiary/aromatic N) is 3. The van der Waals surface area contributed by atoms with E-state index in [-0.39, 0.29) is 17.3 Å². The van der Waals surface area contributed by atoms with Gasteiger partial charge in [0.15, 0.2) is 0 Å². The zero-order chi connectivity index (χ0) is 15.1. The standard InChI is InChI=1S/C15H14N4O2S/c20-14-13-12(11(18-22-13)10-7-3-4-8-16-10)17-15(21)19(14)9-5-1-2-6-9/h3-4,7-9H,1-2,5-6H2,(H,17,21). The van der Waals surface area contributed by atoms with Crippen molar-refractivity contribution in [3.05, 3.63) is 45.2 Å². The van der Waals surface area contributed by atoms with E-state index in [4.69, 9.17) is 0 Å². The summed E-state index contributed by atoms with van der Waals surface area (Å²) in [6, 6.07) is 5.50. The van der Waals surface area contributed by atoms with Gasteiger partial charge in [0.2, 0.25) is 0 Å². The van der Waals surface area contributed by atoms with E-state index in [0.29, 0.717) is 21.6 Å². The number of hydrogen-bond donors (Lipinski definition) is 1. The maximum absolute atomic E-state index is 12.7. The fourth-order valence-electron chi connectivity index (χ4n) is 3.09. The molecule has 3 aromatic heterocycles. The molecular weight excluding hydrogens is 300 g/mol. The van der Waals surface area contributed by atoms with Gasteiger partial charge in [-0.05, 0) is 36.5 Å². The van der Waals surface area contributed by atoms with E-state index in [1.165, 1.54) is 4.57 Å². The Bertz CT molecular complexity index is 936. The largest absolute Gasteiger partial charge is 0.329 e. The lowest BCUT2D eigenvalue weighted by Crippen LogP contribution is -2.36. The molecule has 1 aliphatic carbocycles. The molecule has 1 fully saturated rings. The minimum absolute atomic E-state index is 0.0149. The number of pyridine rings is 1. The fraction of sp³-hybridized carbons (Fsp3) is 0.333. The van der Waals surface area contributed by atoms with Crippen molar-refractivity contribution < 1.29 is 0 Å². The Kier molecular flexibility index (Phi) is 3.15. The highest BCUT2D eigenvalue weighted by atomic mass is 32.1. The van der Waals surface area contributed by atoms with Gasteiger partial charge in [0.25, 0.3) is 5.56 Å². The maximum Gasteiger partial charge on any atom is 0.329 e. The van der Waals surface area contributed by atoms with Crippen molar-refractivity contribution in [3.63, 3.8) is 0 Å². The molecule has 1 saturated carbocycles. The van der Waals surface area contributed by atoms with Crippen LogP contribution >= 0.6 is 11.5 Å². The zero-order valence-corrected chi connectivity index (χ0v) is 12.6. The van der Waals surface area contributed by atoms with E-state index >= 15 is 0 Å². The van der Waals surface area contributed by atoms with Crippen LogP contribution in [0.3, 0.4) is 0 Å². The van der Waals surface area contributed by atoms with Gasteiger partial charge in [-0.3, -0.25) is 14.3 Å². The summed E-state index contributed by atoms with van der Waals surface area (Å²) >= 11 is 1.12. The molecule has 3 aromatic rings. The summed E-state index contributed by atoms with van der Waals surface area (Å²) in [5.41, 5.74) is 1.14. The Labute approximate surface area is 129 Å². The van der Waals surface area contributed by atoms with E-state index in [1.54, 1.807) is 6.20 Å². The topological polar surface area (TPSA) is 80.6 Å². The highest BCUT2D eigenvalue weighted by Crippen LogP contribution is 2.29. The van der Waals surface area contributed by atoms with Gasteiger partial charge in [-0.2, -0.15) is 4.37 Å². The summed E-state index contributed by atoms with van der Waals surface area (Å²) in [7, 11) is 0. The second-order valence-electron chi connectivity index (χ2n) is 5.49. The predicted molar refractivity (Wildman–Crippen MR) is 85.2 cm³/mol. The van der Waals surface area contributed by atoms with E-state index in [0.717, 1.165) is 37.2 Å². The van der Waals surface area contributed by atoms with Crippen molar-refractivity contribution in [2.75, 3.05) is 0 Å². The first-order valence-electron chi connectivity index (χ1n) is 7.31. The van der Waals surface area contributed by atoms with Crippen LogP contribution < -0.4 is 11.2 Å². The van der Waals surface area contributed by atoms with Gasteiger partial charge in [-0.15, -0.1) is 0 Å². The van der Waals surface area contributed by atoms with E-state index < -0.39 is 0 Å². The minimum atomic E-state index is -0.346. The average Bonchev–Trinajstić information content (AvgIpc) is 3.18. The van der Waals surface area contributed by atoms with Crippen LogP contribution in [0.5, 0.6) is 0 Å². The molecule has 7 heteroatoms.